The van der Waals surface area contributed by atoms with E-state index in [-0.39, 0.29) is 5.91 Å². The Bertz CT molecular complexity index is 701. The Morgan fingerprint density at radius 3 is 3.19 bits per heavy atom. The third kappa shape index (κ3) is 3.07. The SMILES string of the molecule is N#Cc1cccc(NC(=O)CN2CCn3cnnc3C2)c1. The predicted molar refractivity (Wildman–Crippen MR) is 75.1 cm³/mol. The quantitative estimate of drug-likeness (QED) is 0.891. The standard InChI is InChI=1S/C14H14N6O/c15-7-11-2-1-3-12(6-11)17-14(21)9-19-4-5-20-10-16-18-13(20)8-19/h1-3,6,10H,4-5,8-9H2,(H,17,21). The average Bonchev–Trinajstić information content (AvgIpc) is 2.95. The predicted octanol–water partition coefficient (Wildman–Crippen LogP) is 0.604. The number of aromatic nitrogens is 3. The zero-order valence-corrected chi connectivity index (χ0v) is 11.4. The van der Waals surface area contributed by atoms with Crippen LogP contribution in [-0.4, -0.2) is 38.7 Å². The molecule has 3 rings (SSSR count). The molecule has 1 aromatic carbocycles. The van der Waals surface area contributed by atoms with E-state index in [1.807, 2.05) is 9.47 Å². The maximum Gasteiger partial charge on any atom is 0.238 e. The third-order valence-corrected chi connectivity index (χ3v) is 3.36. The van der Waals surface area contributed by atoms with Crippen LogP contribution in [0.25, 0.3) is 0 Å². The second-order valence-corrected chi connectivity index (χ2v) is 4.89. The summed E-state index contributed by atoms with van der Waals surface area (Å²) in [6.45, 7) is 2.49. The number of rotatable bonds is 3. The summed E-state index contributed by atoms with van der Waals surface area (Å²) in [5.41, 5.74) is 1.16. The number of nitrogens with zero attached hydrogens (tertiary/aromatic N) is 5. The first-order valence-electron chi connectivity index (χ1n) is 6.63. The number of nitrogens with one attached hydrogen (secondary N) is 1. The molecule has 0 aliphatic carbocycles. The molecule has 2 heterocycles. The molecule has 0 fully saturated rings. The first-order chi connectivity index (χ1) is 10.2. The molecular weight excluding hydrogens is 268 g/mol. The van der Waals surface area contributed by atoms with Crippen molar-refractivity contribution in [2.45, 2.75) is 13.1 Å². The van der Waals surface area contributed by atoms with Gasteiger partial charge in [-0.2, -0.15) is 5.26 Å². The highest BCUT2D eigenvalue weighted by molar-refractivity contribution is 5.92. The van der Waals surface area contributed by atoms with Crippen molar-refractivity contribution in [1.82, 2.24) is 19.7 Å². The van der Waals surface area contributed by atoms with E-state index in [9.17, 15) is 4.79 Å². The van der Waals surface area contributed by atoms with E-state index in [0.717, 1.165) is 18.9 Å². The Morgan fingerprint density at radius 2 is 2.33 bits per heavy atom. The highest BCUT2D eigenvalue weighted by atomic mass is 16.2. The number of hydrogen-bond acceptors (Lipinski definition) is 5. The summed E-state index contributed by atoms with van der Waals surface area (Å²) in [4.78, 5) is 14.1. The van der Waals surface area contributed by atoms with Crippen LogP contribution in [0.2, 0.25) is 0 Å². The van der Waals surface area contributed by atoms with Gasteiger partial charge >= 0.3 is 0 Å². The fourth-order valence-electron chi connectivity index (χ4n) is 2.32. The normalized spacial score (nSPS) is 14.2. The van der Waals surface area contributed by atoms with Crippen LogP contribution in [0.5, 0.6) is 0 Å². The van der Waals surface area contributed by atoms with Gasteiger partial charge < -0.3 is 9.88 Å². The van der Waals surface area contributed by atoms with Crippen LogP contribution in [0.4, 0.5) is 5.69 Å². The average molecular weight is 282 g/mol. The van der Waals surface area contributed by atoms with Crippen LogP contribution < -0.4 is 5.32 Å². The highest BCUT2D eigenvalue weighted by Crippen LogP contribution is 2.11. The molecule has 0 bridgehead atoms. The second-order valence-electron chi connectivity index (χ2n) is 4.89. The topological polar surface area (TPSA) is 86.8 Å². The summed E-state index contributed by atoms with van der Waals surface area (Å²) in [6, 6.07) is 8.93. The van der Waals surface area contributed by atoms with E-state index in [1.165, 1.54) is 0 Å². The lowest BCUT2D eigenvalue weighted by Gasteiger charge is -2.26. The number of amides is 1. The van der Waals surface area contributed by atoms with Gasteiger partial charge in [0, 0.05) is 18.8 Å². The number of nitriles is 1. The van der Waals surface area contributed by atoms with Gasteiger partial charge in [-0.15, -0.1) is 10.2 Å². The van der Waals surface area contributed by atoms with Crippen molar-refractivity contribution in [3.05, 3.63) is 42.0 Å². The first kappa shape index (κ1) is 13.3. The maximum atomic E-state index is 12.1. The summed E-state index contributed by atoms with van der Waals surface area (Å²) in [6.07, 6.45) is 1.71. The molecule has 2 aromatic rings. The van der Waals surface area contributed by atoms with Crippen LogP contribution in [0, 0.1) is 11.3 Å². The van der Waals surface area contributed by atoms with Gasteiger partial charge in [-0.3, -0.25) is 9.69 Å². The van der Waals surface area contributed by atoms with Crippen LogP contribution in [0.15, 0.2) is 30.6 Å². The summed E-state index contributed by atoms with van der Waals surface area (Å²) in [5, 5.41) is 19.5. The Morgan fingerprint density at radius 1 is 1.43 bits per heavy atom. The van der Waals surface area contributed by atoms with Gasteiger partial charge in [-0.1, -0.05) is 6.07 Å². The Hall–Kier alpha value is -2.72. The van der Waals surface area contributed by atoms with Crippen molar-refractivity contribution in [1.29, 1.82) is 5.26 Å². The molecule has 0 atom stereocenters. The van der Waals surface area contributed by atoms with Gasteiger partial charge in [-0.25, -0.2) is 0 Å². The van der Waals surface area contributed by atoms with Crippen molar-refractivity contribution in [2.75, 3.05) is 18.4 Å². The minimum Gasteiger partial charge on any atom is -0.325 e. The van der Waals surface area contributed by atoms with E-state index in [1.54, 1.807) is 30.6 Å². The molecule has 1 N–H and O–H groups in total. The molecule has 0 unspecified atom stereocenters. The number of fused-ring (bicyclic) bond motifs is 1. The van der Waals surface area contributed by atoms with E-state index in [0.29, 0.717) is 24.3 Å². The summed E-state index contributed by atoms with van der Waals surface area (Å²) in [7, 11) is 0. The number of hydrogen-bond donors (Lipinski definition) is 1. The molecule has 0 saturated heterocycles. The molecule has 0 spiro atoms. The van der Waals surface area contributed by atoms with Gasteiger partial charge in [0.25, 0.3) is 0 Å². The maximum absolute atomic E-state index is 12.1. The molecule has 0 saturated carbocycles. The Balaban J connectivity index is 1.59. The van der Waals surface area contributed by atoms with Gasteiger partial charge in [0.15, 0.2) is 0 Å². The van der Waals surface area contributed by atoms with Gasteiger partial charge in [-0.05, 0) is 18.2 Å². The molecule has 7 heteroatoms. The molecule has 0 radical (unpaired) electrons. The van der Waals surface area contributed by atoms with E-state index >= 15 is 0 Å². The molecule has 1 amide bonds. The molecule has 21 heavy (non-hydrogen) atoms. The molecule has 1 aliphatic rings. The molecule has 1 aliphatic heterocycles. The summed E-state index contributed by atoms with van der Waals surface area (Å²) < 4.78 is 1.99. The fourth-order valence-corrected chi connectivity index (χ4v) is 2.32. The van der Waals surface area contributed by atoms with Crippen LogP contribution in [0.1, 0.15) is 11.4 Å². The van der Waals surface area contributed by atoms with Crippen LogP contribution in [-0.2, 0) is 17.9 Å². The largest absolute Gasteiger partial charge is 0.325 e. The number of carbonyl (C=O) groups excluding carboxylic acids is 1. The second kappa shape index (κ2) is 5.73. The van der Waals surface area contributed by atoms with Crippen LogP contribution in [0.3, 0.4) is 0 Å². The minimum absolute atomic E-state index is 0.0990. The number of anilines is 1. The van der Waals surface area contributed by atoms with Gasteiger partial charge in [0.05, 0.1) is 24.7 Å². The van der Waals surface area contributed by atoms with Crippen molar-refractivity contribution >= 4 is 11.6 Å². The molecule has 106 valence electrons. The first-order valence-corrected chi connectivity index (χ1v) is 6.63. The smallest absolute Gasteiger partial charge is 0.238 e. The third-order valence-electron chi connectivity index (χ3n) is 3.36. The molecule has 1 aromatic heterocycles. The number of carbonyl (C=O) groups is 1. The lowest BCUT2D eigenvalue weighted by molar-refractivity contribution is -0.117. The van der Waals surface area contributed by atoms with E-state index < -0.39 is 0 Å². The summed E-state index contributed by atoms with van der Waals surface area (Å²) >= 11 is 0. The van der Waals surface area contributed by atoms with Gasteiger partial charge in [0.2, 0.25) is 5.91 Å². The number of benzene rings is 1. The monoisotopic (exact) mass is 282 g/mol. The molecular formula is C14H14N6O. The highest BCUT2D eigenvalue weighted by Gasteiger charge is 2.19. The van der Waals surface area contributed by atoms with Gasteiger partial charge in [0.1, 0.15) is 12.2 Å². The Kier molecular flexibility index (Phi) is 3.62. The zero-order chi connectivity index (χ0) is 14.7. The minimum atomic E-state index is -0.0990. The van der Waals surface area contributed by atoms with Crippen molar-refractivity contribution in [3.8, 4) is 6.07 Å². The van der Waals surface area contributed by atoms with Crippen molar-refractivity contribution in [2.24, 2.45) is 0 Å². The summed E-state index contributed by atoms with van der Waals surface area (Å²) in [5.74, 6) is 0.776. The Labute approximate surface area is 121 Å². The molecule has 7 nitrogen and oxygen atoms in total. The lowest BCUT2D eigenvalue weighted by Crippen LogP contribution is -2.39. The lowest BCUT2D eigenvalue weighted by atomic mass is 10.2. The van der Waals surface area contributed by atoms with E-state index in [4.69, 9.17) is 5.26 Å². The van der Waals surface area contributed by atoms with Crippen molar-refractivity contribution in [3.63, 3.8) is 0 Å². The fraction of sp³-hybridized carbons (Fsp3) is 0.286. The van der Waals surface area contributed by atoms with Crippen molar-refractivity contribution < 1.29 is 4.79 Å². The zero-order valence-electron chi connectivity index (χ0n) is 11.4. The van der Waals surface area contributed by atoms with E-state index in [2.05, 4.69) is 21.6 Å². The van der Waals surface area contributed by atoms with Crippen LogP contribution >= 0.6 is 0 Å².